The summed E-state index contributed by atoms with van der Waals surface area (Å²) in [6, 6.07) is 5.74. The third-order valence-electron chi connectivity index (χ3n) is 3.40. The molecule has 0 amide bonds. The number of hydrogen-bond donors (Lipinski definition) is 0. The van der Waals surface area contributed by atoms with E-state index in [0.717, 1.165) is 28.6 Å². The Morgan fingerprint density at radius 1 is 1.13 bits per heavy atom. The Hall–Kier alpha value is -1.97. The molecule has 0 aliphatic rings. The maximum atomic E-state index is 12.6. The fourth-order valence-electron chi connectivity index (χ4n) is 2.67. The summed E-state index contributed by atoms with van der Waals surface area (Å²) in [4.78, 5) is 12.6. The Bertz CT molecular complexity index is 715. The minimum absolute atomic E-state index is 0.105. The highest BCUT2D eigenvalue weighted by Gasteiger charge is 2.24. The fraction of sp³-hybridized carbons (Fsp3) is 0.526. The van der Waals surface area contributed by atoms with E-state index in [4.69, 9.17) is 9.47 Å². The van der Waals surface area contributed by atoms with Crippen LogP contribution in [-0.4, -0.2) is 23.4 Å². The topological polar surface area (TPSA) is 40.5 Å². The van der Waals surface area contributed by atoms with Crippen molar-refractivity contribution in [3.63, 3.8) is 0 Å². The minimum Gasteiger partial charge on any atom is -0.496 e. The van der Waals surface area contributed by atoms with E-state index in [-0.39, 0.29) is 11.5 Å². The fourth-order valence-corrected chi connectivity index (χ4v) is 2.67. The molecule has 0 unspecified atom stereocenters. The van der Waals surface area contributed by atoms with Crippen molar-refractivity contribution in [2.75, 3.05) is 7.11 Å². The zero-order chi connectivity index (χ0) is 17.4. The van der Waals surface area contributed by atoms with Crippen LogP contribution in [0.5, 0.6) is 5.75 Å². The van der Waals surface area contributed by atoms with Crippen molar-refractivity contribution < 1.29 is 14.3 Å². The Balaban J connectivity index is 2.61. The number of rotatable bonds is 2. The van der Waals surface area contributed by atoms with Gasteiger partial charge in [-0.05, 0) is 50.3 Å². The van der Waals surface area contributed by atoms with Gasteiger partial charge in [0, 0.05) is 11.6 Å². The number of carbonyl (C=O) groups excluding carboxylic acids is 1. The van der Waals surface area contributed by atoms with Crippen molar-refractivity contribution in [3.05, 3.63) is 30.0 Å². The lowest BCUT2D eigenvalue weighted by Gasteiger charge is -2.20. The molecule has 0 spiro atoms. The number of ether oxygens (including phenoxy) is 2. The number of hydrogen-bond acceptors (Lipinski definition) is 3. The molecule has 2 aromatic rings. The summed E-state index contributed by atoms with van der Waals surface area (Å²) in [7, 11) is 1.65. The van der Waals surface area contributed by atoms with Gasteiger partial charge in [0.05, 0.1) is 12.6 Å². The summed E-state index contributed by atoms with van der Waals surface area (Å²) in [6.45, 7) is 12.1. The van der Waals surface area contributed by atoms with Crippen LogP contribution in [0.2, 0.25) is 0 Å². The van der Waals surface area contributed by atoms with Gasteiger partial charge in [-0.2, -0.15) is 0 Å². The van der Waals surface area contributed by atoms with E-state index in [9.17, 15) is 4.79 Å². The first-order valence-electron chi connectivity index (χ1n) is 7.92. The Morgan fingerprint density at radius 3 is 2.30 bits per heavy atom. The summed E-state index contributed by atoms with van der Waals surface area (Å²) >= 11 is 0. The van der Waals surface area contributed by atoms with Gasteiger partial charge in [-0.25, -0.2) is 4.79 Å². The molecule has 1 heterocycles. The predicted octanol–water partition coefficient (Wildman–Crippen LogP) is 5.02. The van der Waals surface area contributed by atoms with Gasteiger partial charge in [0.15, 0.2) is 0 Å². The molecule has 1 aromatic heterocycles. The molecule has 0 saturated heterocycles. The van der Waals surface area contributed by atoms with Gasteiger partial charge in [-0.1, -0.05) is 26.8 Å². The van der Waals surface area contributed by atoms with Gasteiger partial charge in [0.1, 0.15) is 11.4 Å². The normalized spacial score (nSPS) is 12.5. The molecule has 2 rings (SSSR count). The van der Waals surface area contributed by atoms with E-state index < -0.39 is 5.60 Å². The maximum Gasteiger partial charge on any atom is 0.419 e. The van der Waals surface area contributed by atoms with Gasteiger partial charge in [0.25, 0.3) is 0 Å². The molecule has 0 N–H and O–H groups in total. The lowest BCUT2D eigenvalue weighted by molar-refractivity contribution is 0.0544. The molecule has 1 aromatic carbocycles. The lowest BCUT2D eigenvalue weighted by atomic mass is 9.88. The third kappa shape index (κ3) is 4.06. The van der Waals surface area contributed by atoms with E-state index in [1.54, 1.807) is 11.7 Å². The number of methoxy groups -OCH3 is 1. The van der Waals surface area contributed by atoms with Gasteiger partial charge >= 0.3 is 6.09 Å². The molecule has 23 heavy (non-hydrogen) atoms. The molecule has 0 aliphatic carbocycles. The van der Waals surface area contributed by atoms with Crippen LogP contribution in [0.4, 0.5) is 4.79 Å². The minimum atomic E-state index is -0.531. The van der Waals surface area contributed by atoms with Crippen LogP contribution in [-0.2, 0) is 11.2 Å². The smallest absolute Gasteiger partial charge is 0.419 e. The van der Waals surface area contributed by atoms with Crippen LogP contribution < -0.4 is 4.74 Å². The molecule has 4 nitrogen and oxygen atoms in total. The largest absolute Gasteiger partial charge is 0.496 e. The number of aromatic nitrogens is 1. The van der Waals surface area contributed by atoms with E-state index in [1.807, 2.05) is 45.2 Å². The number of benzene rings is 1. The Labute approximate surface area is 138 Å². The Kier molecular flexibility index (Phi) is 4.47. The molecule has 0 aliphatic heterocycles. The number of fused-ring (bicyclic) bond motifs is 1. The van der Waals surface area contributed by atoms with Gasteiger partial charge in [-0.3, -0.25) is 4.57 Å². The summed E-state index contributed by atoms with van der Waals surface area (Å²) in [6.07, 6.45) is 2.36. The quantitative estimate of drug-likeness (QED) is 0.780. The van der Waals surface area contributed by atoms with Crippen LogP contribution >= 0.6 is 0 Å². The lowest BCUT2D eigenvalue weighted by Crippen LogP contribution is -2.26. The van der Waals surface area contributed by atoms with Crippen molar-refractivity contribution >= 4 is 17.0 Å². The predicted molar refractivity (Wildman–Crippen MR) is 93.3 cm³/mol. The van der Waals surface area contributed by atoms with Crippen molar-refractivity contribution in [2.24, 2.45) is 5.41 Å². The van der Waals surface area contributed by atoms with Crippen LogP contribution in [0.25, 0.3) is 10.9 Å². The molecular weight excluding hydrogens is 290 g/mol. The first-order valence-corrected chi connectivity index (χ1v) is 7.92. The van der Waals surface area contributed by atoms with E-state index in [0.29, 0.717) is 0 Å². The summed E-state index contributed by atoms with van der Waals surface area (Å²) in [5.41, 5.74) is 1.48. The van der Waals surface area contributed by atoms with Crippen molar-refractivity contribution in [3.8, 4) is 5.75 Å². The van der Waals surface area contributed by atoms with Crippen LogP contribution in [0, 0.1) is 5.41 Å². The summed E-state index contributed by atoms with van der Waals surface area (Å²) in [5, 5.41) is 0.982. The first kappa shape index (κ1) is 17.4. The van der Waals surface area contributed by atoms with Crippen molar-refractivity contribution in [1.29, 1.82) is 0 Å². The molecule has 0 saturated carbocycles. The number of nitrogens with zero attached hydrogens (tertiary/aromatic N) is 1. The van der Waals surface area contributed by atoms with E-state index in [1.165, 1.54) is 0 Å². The highest BCUT2D eigenvalue weighted by Crippen LogP contribution is 2.34. The zero-order valence-corrected chi connectivity index (χ0v) is 15.2. The van der Waals surface area contributed by atoms with Crippen molar-refractivity contribution in [2.45, 2.75) is 53.6 Å². The molecule has 4 heteroatoms. The molecule has 0 bridgehead atoms. The van der Waals surface area contributed by atoms with Gasteiger partial charge in [-0.15, -0.1) is 0 Å². The second-order valence-electron chi connectivity index (χ2n) is 8.10. The number of carbonyl (C=O) groups is 1. The SMILES string of the molecule is COc1cccc2c1c(CC(C)(C)C)cn2C(=O)OC(C)(C)C. The summed E-state index contributed by atoms with van der Waals surface area (Å²) < 4.78 is 12.6. The standard InChI is InChI=1S/C19H27NO3/c1-18(2,3)11-13-12-20(17(21)23-19(4,5)6)14-9-8-10-15(22-7)16(13)14/h8-10,12H,11H2,1-7H3. The third-order valence-corrected chi connectivity index (χ3v) is 3.40. The molecule has 0 atom stereocenters. The Morgan fingerprint density at radius 2 is 1.78 bits per heavy atom. The average molecular weight is 317 g/mol. The van der Waals surface area contributed by atoms with Crippen LogP contribution in [0.15, 0.2) is 24.4 Å². The molecule has 0 radical (unpaired) electrons. The van der Waals surface area contributed by atoms with Crippen LogP contribution in [0.1, 0.15) is 47.1 Å². The van der Waals surface area contributed by atoms with E-state index >= 15 is 0 Å². The average Bonchev–Trinajstić information content (AvgIpc) is 2.74. The maximum absolute atomic E-state index is 12.6. The molecular formula is C19H27NO3. The highest BCUT2D eigenvalue weighted by atomic mass is 16.6. The van der Waals surface area contributed by atoms with Crippen LogP contribution in [0.3, 0.4) is 0 Å². The monoisotopic (exact) mass is 317 g/mol. The second-order valence-corrected chi connectivity index (χ2v) is 8.10. The van der Waals surface area contributed by atoms with Crippen molar-refractivity contribution in [1.82, 2.24) is 4.57 Å². The molecule has 0 fully saturated rings. The van der Waals surface area contributed by atoms with Gasteiger partial charge in [0.2, 0.25) is 0 Å². The summed E-state index contributed by atoms with van der Waals surface area (Å²) in [5.74, 6) is 0.782. The van der Waals surface area contributed by atoms with Gasteiger partial charge < -0.3 is 9.47 Å². The second kappa shape index (κ2) is 5.91. The first-order chi connectivity index (χ1) is 10.5. The zero-order valence-electron chi connectivity index (χ0n) is 15.2. The van der Waals surface area contributed by atoms with E-state index in [2.05, 4.69) is 20.8 Å². The highest BCUT2D eigenvalue weighted by molar-refractivity contribution is 5.96. The molecule has 126 valence electrons.